The summed E-state index contributed by atoms with van der Waals surface area (Å²) in [5.74, 6) is -0.176. The number of benzene rings is 3. The van der Waals surface area contributed by atoms with Crippen LogP contribution in [0, 0.1) is 10.1 Å². The number of aromatic nitrogens is 1. The number of likely N-dealkylation sites (N-methyl/N-ethyl adjacent to an activating group) is 1. The molecule has 32 heavy (non-hydrogen) atoms. The Labute approximate surface area is 190 Å². The fraction of sp³-hybridized carbons (Fsp3) is 0.160. The zero-order valence-electron chi connectivity index (χ0n) is 17.8. The van der Waals surface area contributed by atoms with E-state index in [9.17, 15) is 14.9 Å². The van der Waals surface area contributed by atoms with Crippen molar-refractivity contribution in [3.8, 4) is 11.3 Å². The quantitative estimate of drug-likeness (QED) is 0.208. The molecule has 162 valence electrons. The van der Waals surface area contributed by atoms with E-state index in [2.05, 4.69) is 0 Å². The van der Waals surface area contributed by atoms with E-state index in [1.54, 1.807) is 24.3 Å². The van der Waals surface area contributed by atoms with Gasteiger partial charge in [-0.05, 0) is 32.3 Å². The summed E-state index contributed by atoms with van der Waals surface area (Å²) in [4.78, 5) is 27.3. The van der Waals surface area contributed by atoms with Gasteiger partial charge in [-0.3, -0.25) is 14.9 Å². The monoisotopic (exact) mass is 447 g/mol. The van der Waals surface area contributed by atoms with E-state index in [4.69, 9.17) is 11.6 Å². The number of ketones is 1. The zero-order valence-corrected chi connectivity index (χ0v) is 18.5. The second-order valence-electron chi connectivity index (χ2n) is 7.81. The molecule has 1 aromatic heterocycles. The summed E-state index contributed by atoms with van der Waals surface area (Å²) in [5, 5.41) is 13.0. The minimum Gasteiger partial charge on any atom is -0.338 e. The lowest BCUT2D eigenvalue weighted by molar-refractivity contribution is -0.384. The van der Waals surface area contributed by atoms with Crippen LogP contribution in [0.15, 0.2) is 72.8 Å². The molecule has 0 N–H and O–H groups in total. The third kappa shape index (κ3) is 4.02. The van der Waals surface area contributed by atoms with Crippen LogP contribution < -0.4 is 0 Å². The summed E-state index contributed by atoms with van der Waals surface area (Å²) in [5.41, 5.74) is 2.61. The van der Waals surface area contributed by atoms with Gasteiger partial charge in [-0.15, -0.1) is 0 Å². The Morgan fingerprint density at radius 2 is 1.72 bits per heavy atom. The Morgan fingerprint density at radius 3 is 2.41 bits per heavy atom. The van der Waals surface area contributed by atoms with Gasteiger partial charge in [0.25, 0.3) is 5.69 Å². The molecule has 1 heterocycles. The Hall–Kier alpha value is -3.48. The maximum Gasteiger partial charge on any atom is 0.280 e. The lowest BCUT2D eigenvalue weighted by Gasteiger charge is -2.16. The van der Waals surface area contributed by atoms with E-state index in [1.165, 1.54) is 6.07 Å². The first-order valence-corrected chi connectivity index (χ1v) is 10.6. The number of halogens is 1. The summed E-state index contributed by atoms with van der Waals surface area (Å²) in [6.45, 7) is 1.26. The highest BCUT2D eigenvalue weighted by Crippen LogP contribution is 2.40. The summed E-state index contributed by atoms with van der Waals surface area (Å²) < 4.78 is 2.00. The normalized spacial score (nSPS) is 11.2. The Kier molecular flexibility index (Phi) is 6.08. The van der Waals surface area contributed by atoms with Gasteiger partial charge >= 0.3 is 0 Å². The van der Waals surface area contributed by atoms with E-state index >= 15 is 0 Å². The minimum absolute atomic E-state index is 0.131. The van der Waals surface area contributed by atoms with Crippen LogP contribution in [-0.2, 0) is 6.54 Å². The van der Waals surface area contributed by atoms with Crippen molar-refractivity contribution in [2.45, 2.75) is 6.54 Å². The van der Waals surface area contributed by atoms with Crippen LogP contribution in [0.25, 0.3) is 22.2 Å². The van der Waals surface area contributed by atoms with Crippen molar-refractivity contribution in [2.24, 2.45) is 0 Å². The second kappa shape index (κ2) is 8.94. The van der Waals surface area contributed by atoms with Gasteiger partial charge in [-0.1, -0.05) is 60.1 Å². The van der Waals surface area contributed by atoms with E-state index in [0.717, 1.165) is 10.9 Å². The predicted molar refractivity (Wildman–Crippen MR) is 127 cm³/mol. The molecule has 0 aliphatic heterocycles. The number of nitrogens with zero attached hydrogens (tertiary/aromatic N) is 3. The van der Waals surface area contributed by atoms with Crippen LogP contribution in [0.3, 0.4) is 0 Å². The van der Waals surface area contributed by atoms with E-state index in [0.29, 0.717) is 35.5 Å². The largest absolute Gasteiger partial charge is 0.338 e. The molecule has 0 fully saturated rings. The predicted octanol–water partition coefficient (Wildman–Crippen LogP) is 5.66. The van der Waals surface area contributed by atoms with Crippen LogP contribution in [0.4, 0.5) is 5.69 Å². The number of fused-ring (bicyclic) bond motifs is 1. The molecule has 0 unspecified atom stereocenters. The molecule has 6 nitrogen and oxygen atoms in total. The van der Waals surface area contributed by atoms with E-state index < -0.39 is 4.92 Å². The molecule has 0 saturated heterocycles. The molecule has 0 bridgehead atoms. The van der Waals surface area contributed by atoms with Crippen molar-refractivity contribution in [3.63, 3.8) is 0 Å². The number of carbonyl (C=O) groups excluding carboxylic acids is 1. The number of hydrogen-bond donors (Lipinski definition) is 0. The fourth-order valence-electron chi connectivity index (χ4n) is 3.94. The average molecular weight is 448 g/mol. The number of rotatable bonds is 7. The summed E-state index contributed by atoms with van der Waals surface area (Å²) in [6.07, 6.45) is 0. The molecule has 0 amide bonds. The molecule has 3 aromatic carbocycles. The molecule has 0 atom stereocenters. The molecule has 7 heteroatoms. The second-order valence-corrected chi connectivity index (χ2v) is 8.25. The van der Waals surface area contributed by atoms with Crippen molar-refractivity contribution < 1.29 is 9.72 Å². The van der Waals surface area contributed by atoms with E-state index in [1.807, 2.05) is 66.0 Å². The van der Waals surface area contributed by atoms with E-state index in [-0.39, 0.29) is 16.5 Å². The maximum atomic E-state index is 13.7. The first kappa shape index (κ1) is 21.7. The van der Waals surface area contributed by atoms with Gasteiger partial charge in [-0.2, -0.15) is 0 Å². The Bertz CT molecular complexity index is 1310. The van der Waals surface area contributed by atoms with Crippen molar-refractivity contribution >= 4 is 34.0 Å². The zero-order chi connectivity index (χ0) is 22.8. The molecular formula is C25H22ClN3O3. The number of hydrogen-bond acceptors (Lipinski definition) is 4. The Balaban J connectivity index is 2.09. The molecule has 0 saturated carbocycles. The smallest absolute Gasteiger partial charge is 0.280 e. The van der Waals surface area contributed by atoms with Crippen molar-refractivity contribution in [2.75, 3.05) is 20.6 Å². The summed E-state index contributed by atoms with van der Waals surface area (Å²) in [7, 11) is 3.93. The molecule has 0 aliphatic rings. The molecular weight excluding hydrogens is 426 g/mol. The van der Waals surface area contributed by atoms with Gasteiger partial charge < -0.3 is 9.47 Å². The van der Waals surface area contributed by atoms with Crippen molar-refractivity contribution in [1.29, 1.82) is 0 Å². The third-order valence-electron chi connectivity index (χ3n) is 5.42. The van der Waals surface area contributed by atoms with Crippen LogP contribution >= 0.6 is 11.6 Å². The van der Waals surface area contributed by atoms with Gasteiger partial charge in [0.2, 0.25) is 0 Å². The third-order valence-corrected chi connectivity index (χ3v) is 5.65. The van der Waals surface area contributed by atoms with Gasteiger partial charge in [0, 0.05) is 40.6 Å². The van der Waals surface area contributed by atoms with Crippen molar-refractivity contribution in [3.05, 3.63) is 99.1 Å². The fourth-order valence-corrected chi connectivity index (χ4v) is 4.10. The number of nitro groups is 1. The standard InChI is InChI=1S/C25H22ClN3O3/c1-27(2)14-15-28-21-11-7-6-10-19(21)23(25(30)17-8-4-3-5-9-17)24(28)20-13-12-18(26)16-22(20)29(31)32/h3-13,16H,14-15H2,1-2H3. The number of para-hydroxylation sites is 1. The molecule has 0 spiro atoms. The van der Waals surface area contributed by atoms with Crippen molar-refractivity contribution in [1.82, 2.24) is 9.47 Å². The van der Waals surface area contributed by atoms with Crippen LogP contribution in [0.1, 0.15) is 15.9 Å². The van der Waals surface area contributed by atoms with Crippen LogP contribution in [0.2, 0.25) is 5.02 Å². The lowest BCUT2D eigenvalue weighted by atomic mass is 9.96. The van der Waals surface area contributed by atoms with Gasteiger partial charge in [-0.25, -0.2) is 0 Å². The van der Waals surface area contributed by atoms with Gasteiger partial charge in [0.15, 0.2) is 5.78 Å². The lowest BCUT2D eigenvalue weighted by Crippen LogP contribution is -2.19. The topological polar surface area (TPSA) is 68.4 Å². The van der Waals surface area contributed by atoms with Gasteiger partial charge in [0.05, 0.1) is 21.7 Å². The SMILES string of the molecule is CN(C)CCn1c(-c2ccc(Cl)cc2[N+](=O)[O-])c(C(=O)c2ccccc2)c2ccccc21. The molecule has 0 radical (unpaired) electrons. The molecule has 4 aromatic rings. The average Bonchev–Trinajstić information content (AvgIpc) is 3.11. The summed E-state index contributed by atoms with van der Waals surface area (Å²) in [6, 6.07) is 21.2. The van der Waals surface area contributed by atoms with Crippen LogP contribution in [0.5, 0.6) is 0 Å². The summed E-state index contributed by atoms with van der Waals surface area (Å²) >= 11 is 6.08. The highest BCUT2D eigenvalue weighted by atomic mass is 35.5. The minimum atomic E-state index is -0.452. The first-order chi connectivity index (χ1) is 15.4. The highest BCUT2D eigenvalue weighted by molar-refractivity contribution is 6.31. The molecule has 0 aliphatic carbocycles. The molecule has 4 rings (SSSR count). The van der Waals surface area contributed by atoms with Gasteiger partial charge in [0.1, 0.15) is 0 Å². The Morgan fingerprint density at radius 1 is 1.03 bits per heavy atom. The maximum absolute atomic E-state index is 13.7. The first-order valence-electron chi connectivity index (χ1n) is 10.2. The highest BCUT2D eigenvalue weighted by Gasteiger charge is 2.29. The van der Waals surface area contributed by atoms with Crippen LogP contribution in [-0.4, -0.2) is 40.8 Å². The number of carbonyl (C=O) groups is 1. The number of nitro benzene ring substituents is 1.